The van der Waals surface area contributed by atoms with Crippen molar-refractivity contribution in [3.05, 3.63) is 191 Å². The molecule has 324 valence electrons. The average molecular weight is 883 g/mol. The van der Waals surface area contributed by atoms with E-state index in [4.69, 9.17) is 0 Å². The number of alkyl halides is 9. The van der Waals surface area contributed by atoms with Crippen LogP contribution in [0.3, 0.4) is 0 Å². The number of para-hydroxylation sites is 2. The lowest BCUT2D eigenvalue weighted by molar-refractivity contribution is -0.143. The highest BCUT2D eigenvalue weighted by molar-refractivity contribution is 6.12. The fraction of sp³-hybridized carbons (Fsp3) is 0.111. The van der Waals surface area contributed by atoms with E-state index in [0.29, 0.717) is 56.4 Å². The molecule has 0 atom stereocenters. The topological polar surface area (TPSA) is 9.86 Å². The summed E-state index contributed by atoms with van der Waals surface area (Å²) >= 11 is 0. The smallest absolute Gasteiger partial charge is 0.309 e. The number of hydrogen-bond acceptors (Lipinski definition) is 0. The minimum atomic E-state index is -5.03. The van der Waals surface area contributed by atoms with Crippen LogP contribution < -0.4 is 0 Å². The van der Waals surface area contributed by atoms with E-state index in [0.717, 1.165) is 50.1 Å². The molecule has 11 heteroatoms. The fourth-order valence-electron chi connectivity index (χ4n) is 9.30. The standard InChI is InChI=1S/C54H35F9N2/c1-30-20-31(2)22-35(21-30)33-13-18-51-45(25-33)41-8-5-7-11-49(41)65(51)40-16-17-47(54(61,62)63)44(29-40)43-28-39(15-12-32(43)3)64-48-10-6-4-9-42(48)46-26-34(14-19-50(46)64)36-23-37(52(55,56)57)27-38(24-36)53(58,59)60/h4-29H,1-3H3. The van der Waals surface area contributed by atoms with E-state index < -0.39 is 35.2 Å². The summed E-state index contributed by atoms with van der Waals surface area (Å²) in [5, 5.41) is 3.05. The van der Waals surface area contributed by atoms with E-state index >= 15 is 13.2 Å². The van der Waals surface area contributed by atoms with E-state index in [1.54, 1.807) is 67.6 Å². The molecule has 0 aliphatic rings. The van der Waals surface area contributed by atoms with Crippen LogP contribution >= 0.6 is 0 Å². The van der Waals surface area contributed by atoms with Gasteiger partial charge in [0.1, 0.15) is 0 Å². The molecule has 65 heavy (non-hydrogen) atoms. The lowest BCUT2D eigenvalue weighted by Crippen LogP contribution is -2.11. The number of benzene rings is 8. The summed E-state index contributed by atoms with van der Waals surface area (Å²) in [6, 6.07) is 42.9. The van der Waals surface area contributed by atoms with Crippen molar-refractivity contribution in [3.8, 4) is 44.8 Å². The summed E-state index contributed by atoms with van der Waals surface area (Å²) in [4.78, 5) is 0. The van der Waals surface area contributed by atoms with Crippen LogP contribution in [-0.4, -0.2) is 9.13 Å². The van der Waals surface area contributed by atoms with Gasteiger partial charge in [-0.05, 0) is 145 Å². The van der Waals surface area contributed by atoms with Crippen molar-refractivity contribution in [2.45, 2.75) is 39.3 Å². The van der Waals surface area contributed by atoms with E-state index in [9.17, 15) is 26.3 Å². The molecule has 0 radical (unpaired) electrons. The molecule has 0 fully saturated rings. The van der Waals surface area contributed by atoms with Gasteiger partial charge in [-0.3, -0.25) is 0 Å². The molecular formula is C54H35F9N2. The van der Waals surface area contributed by atoms with Gasteiger partial charge < -0.3 is 9.13 Å². The Labute approximate surface area is 366 Å². The van der Waals surface area contributed by atoms with Gasteiger partial charge in [-0.15, -0.1) is 0 Å². The normalized spacial score (nSPS) is 12.6. The second-order valence-corrected chi connectivity index (χ2v) is 16.6. The zero-order chi connectivity index (χ0) is 45.7. The van der Waals surface area contributed by atoms with Crippen LogP contribution in [-0.2, 0) is 18.5 Å². The third-order valence-corrected chi connectivity index (χ3v) is 12.2. The average Bonchev–Trinajstić information content (AvgIpc) is 3.77. The first kappa shape index (κ1) is 41.7. The Kier molecular flexibility index (Phi) is 9.57. The molecule has 0 aliphatic carbocycles. The number of nitrogens with zero attached hydrogens (tertiary/aromatic N) is 2. The van der Waals surface area contributed by atoms with Crippen molar-refractivity contribution in [2.75, 3.05) is 0 Å². The third kappa shape index (κ3) is 7.28. The van der Waals surface area contributed by atoms with Gasteiger partial charge in [0.25, 0.3) is 0 Å². The molecule has 0 N–H and O–H groups in total. The molecule has 2 aromatic heterocycles. The maximum absolute atomic E-state index is 15.1. The Balaban J connectivity index is 1.15. The third-order valence-electron chi connectivity index (χ3n) is 12.2. The fourth-order valence-corrected chi connectivity index (χ4v) is 9.30. The van der Waals surface area contributed by atoms with Crippen molar-refractivity contribution in [2.24, 2.45) is 0 Å². The number of rotatable bonds is 5. The van der Waals surface area contributed by atoms with Gasteiger partial charge in [0.15, 0.2) is 0 Å². The quantitative estimate of drug-likeness (QED) is 0.152. The molecule has 0 unspecified atom stereocenters. The first-order valence-corrected chi connectivity index (χ1v) is 20.6. The number of aromatic nitrogens is 2. The molecule has 10 aromatic rings. The maximum Gasteiger partial charge on any atom is 0.417 e. The van der Waals surface area contributed by atoms with Gasteiger partial charge in [0.2, 0.25) is 0 Å². The van der Waals surface area contributed by atoms with Crippen LogP contribution in [0.2, 0.25) is 0 Å². The van der Waals surface area contributed by atoms with E-state index in [-0.39, 0.29) is 22.8 Å². The predicted molar refractivity (Wildman–Crippen MR) is 241 cm³/mol. The molecule has 0 saturated carbocycles. The molecule has 0 spiro atoms. The highest BCUT2D eigenvalue weighted by Gasteiger charge is 2.37. The minimum Gasteiger partial charge on any atom is -0.309 e. The number of halogens is 9. The van der Waals surface area contributed by atoms with Gasteiger partial charge in [-0.1, -0.05) is 83.9 Å². The van der Waals surface area contributed by atoms with Crippen LogP contribution in [0.4, 0.5) is 39.5 Å². The second kappa shape index (κ2) is 14.9. The van der Waals surface area contributed by atoms with Gasteiger partial charge in [0.05, 0.1) is 38.8 Å². The molecular weight excluding hydrogens is 848 g/mol. The monoisotopic (exact) mass is 882 g/mol. The molecule has 0 aliphatic heterocycles. The highest BCUT2D eigenvalue weighted by Crippen LogP contribution is 2.44. The van der Waals surface area contributed by atoms with E-state index in [2.05, 4.69) is 24.3 Å². The van der Waals surface area contributed by atoms with Crippen LogP contribution in [0.25, 0.3) is 88.4 Å². The molecule has 8 aromatic carbocycles. The van der Waals surface area contributed by atoms with Crippen LogP contribution in [0, 0.1) is 20.8 Å². The van der Waals surface area contributed by atoms with Gasteiger partial charge in [0, 0.05) is 32.9 Å². The minimum absolute atomic E-state index is 0.0415. The van der Waals surface area contributed by atoms with Crippen molar-refractivity contribution in [1.82, 2.24) is 9.13 Å². The van der Waals surface area contributed by atoms with Gasteiger partial charge in [-0.2, -0.15) is 39.5 Å². The Morgan fingerprint density at radius 2 is 0.785 bits per heavy atom. The molecule has 0 amide bonds. The highest BCUT2D eigenvalue weighted by atomic mass is 19.4. The molecule has 10 rings (SSSR count). The van der Waals surface area contributed by atoms with Gasteiger partial charge in [-0.25, -0.2) is 0 Å². The Bertz CT molecular complexity index is 3490. The van der Waals surface area contributed by atoms with Crippen molar-refractivity contribution in [1.29, 1.82) is 0 Å². The molecule has 0 bridgehead atoms. The largest absolute Gasteiger partial charge is 0.417 e. The Morgan fingerprint density at radius 1 is 0.338 bits per heavy atom. The van der Waals surface area contributed by atoms with E-state index in [1.807, 2.05) is 59.4 Å². The maximum atomic E-state index is 15.1. The van der Waals surface area contributed by atoms with Crippen molar-refractivity contribution < 1.29 is 39.5 Å². The van der Waals surface area contributed by atoms with Crippen LogP contribution in [0.5, 0.6) is 0 Å². The lowest BCUT2D eigenvalue weighted by atomic mass is 9.94. The summed E-state index contributed by atoms with van der Waals surface area (Å²) in [5.41, 5.74) is 5.19. The number of hydrogen-bond donors (Lipinski definition) is 0. The number of fused-ring (bicyclic) bond motifs is 6. The van der Waals surface area contributed by atoms with E-state index in [1.165, 1.54) is 12.1 Å². The SMILES string of the molecule is Cc1cc(C)cc(-c2ccc3c(c2)c2ccccc2n3-c2ccc(C(F)(F)F)c(-c3cc(-n4c5ccccc5c5cc(-c6cc(C(F)(F)F)cc(C(F)(F)F)c6)ccc54)ccc3C)c2)c1. The van der Waals surface area contributed by atoms with Gasteiger partial charge >= 0.3 is 18.5 Å². The molecule has 0 saturated heterocycles. The number of aryl methyl sites for hydroxylation is 3. The lowest BCUT2D eigenvalue weighted by Gasteiger charge is -2.19. The second-order valence-electron chi connectivity index (χ2n) is 16.6. The molecule has 2 nitrogen and oxygen atoms in total. The zero-order valence-corrected chi connectivity index (χ0v) is 34.8. The summed E-state index contributed by atoms with van der Waals surface area (Å²) in [7, 11) is 0. The Morgan fingerprint density at radius 3 is 1.28 bits per heavy atom. The first-order chi connectivity index (χ1) is 30.8. The van der Waals surface area contributed by atoms with Crippen molar-refractivity contribution in [3.63, 3.8) is 0 Å². The van der Waals surface area contributed by atoms with Crippen molar-refractivity contribution >= 4 is 43.6 Å². The Hall–Kier alpha value is -7.27. The zero-order valence-electron chi connectivity index (χ0n) is 34.8. The van der Waals surface area contributed by atoms with Crippen LogP contribution in [0.15, 0.2) is 158 Å². The molecule has 2 heterocycles. The van der Waals surface area contributed by atoms with Crippen LogP contribution in [0.1, 0.15) is 33.4 Å². The first-order valence-electron chi connectivity index (χ1n) is 20.6. The summed E-state index contributed by atoms with van der Waals surface area (Å²) in [5.74, 6) is 0. The predicted octanol–water partition coefficient (Wildman–Crippen LogP) is 16.9. The summed E-state index contributed by atoms with van der Waals surface area (Å²) in [6.07, 6.45) is -14.8. The summed E-state index contributed by atoms with van der Waals surface area (Å²) < 4.78 is 132. The summed E-state index contributed by atoms with van der Waals surface area (Å²) in [6.45, 7) is 5.84.